The third-order valence-electron chi connectivity index (χ3n) is 15.6. The highest BCUT2D eigenvalue weighted by atomic mass is 35.5. The molecular weight excluding hydrogens is 1070 g/mol. The van der Waals surface area contributed by atoms with Crippen molar-refractivity contribution in [2.45, 2.75) is 176 Å². The molecule has 3 N–H and O–H groups in total. The quantitative estimate of drug-likeness (QED) is 0.0423. The van der Waals surface area contributed by atoms with Crippen molar-refractivity contribution < 1.29 is 71.9 Å². The molecule has 0 saturated carbocycles. The third-order valence-corrected chi connectivity index (χ3v) is 18.6. The molecule has 5 rings (SSSR count). The van der Waals surface area contributed by atoms with Gasteiger partial charge in [-0.15, -0.1) is 11.8 Å². The number of benzene rings is 1. The molecule has 1 aromatic carbocycles. The lowest BCUT2D eigenvalue weighted by Gasteiger charge is -2.42. The molecule has 430 valence electrons. The number of hydrogen-bond donors (Lipinski definition) is 3. The molecule has 78 heavy (non-hydrogen) atoms. The van der Waals surface area contributed by atoms with Crippen LogP contribution in [0.3, 0.4) is 0 Å². The number of fused-ring (bicyclic) bond motifs is 5. The summed E-state index contributed by atoms with van der Waals surface area (Å²) in [7, 11) is 5.89. The van der Waals surface area contributed by atoms with Gasteiger partial charge in [0.2, 0.25) is 29.5 Å². The van der Waals surface area contributed by atoms with E-state index in [4.69, 9.17) is 40.0 Å². The SMILES string of the molecule is CC[C]([Al])(CC)C(=O)CCOCCNC(=O)CCN1C(=O)CC(SC(C)(C)CCC(=O)N(C)[C@@H](C)C(=O)O[C@H]2CC(=O)N(C)c3cc(cc(OC)c3Cl)C/C(C)=C/C=C/[C@@H](OC)[C@@]3(O)C[C@H](OC(=O)N3)[C@@H](C)[C@@H]3O[C@@]23C)C1=O. The highest BCUT2D eigenvalue weighted by Crippen LogP contribution is 2.49. The zero-order chi connectivity index (χ0) is 58.1. The van der Waals surface area contributed by atoms with Crippen molar-refractivity contribution in [2.24, 2.45) is 5.92 Å². The molecule has 0 aromatic heterocycles. The van der Waals surface area contributed by atoms with Crippen LogP contribution in [0.2, 0.25) is 9.30 Å². The van der Waals surface area contributed by atoms with Crippen molar-refractivity contribution in [2.75, 3.05) is 59.5 Å². The van der Waals surface area contributed by atoms with E-state index in [1.54, 1.807) is 45.2 Å². The normalized spacial score (nSPS) is 27.4. The van der Waals surface area contributed by atoms with Gasteiger partial charge >= 0.3 is 12.1 Å². The fraction of sp³-hybridized carbons (Fsp3) is 0.673. The molecule has 4 bridgehead atoms. The minimum atomic E-state index is -1.89. The van der Waals surface area contributed by atoms with Crippen LogP contribution in [-0.2, 0) is 63.7 Å². The Bertz CT molecular complexity index is 2470. The van der Waals surface area contributed by atoms with Gasteiger partial charge in [-0.3, -0.25) is 34.2 Å². The molecule has 3 saturated heterocycles. The minimum absolute atomic E-state index is 0.0322. The number of carbonyl (C=O) groups excluding carboxylic acids is 8. The highest BCUT2D eigenvalue weighted by molar-refractivity contribution is 8.02. The molecule has 2 radical (unpaired) electrons. The number of ether oxygens (including phenoxy) is 6. The van der Waals surface area contributed by atoms with E-state index < -0.39 is 104 Å². The standard InChI is InChI=1S/C55H79ClN5O15S.Al/c1-13-36(14-2)38(62)20-24-73-25-22-57-44(63)19-23-61-47(66)29-41(50(61)67)77-53(6,7)21-18-45(64)59(9)34(5)51(68)75-43-30-46(65)60(10)37-27-35(28-39(71-11)48(37)56)26-32(3)16-15-17-42(72-12)55(70)31-40(74-52(69)58-55)33(4)49-54(43,8)76-49;/h15-17,27-28,33-34,40-43,49,70H,13-14,18-26,29-31H2,1-12H3,(H,57,63)(H,58,69);/b17-15+,32-16+;/t33-,34+,40+,41?,42-,43+,49+,54+,55+;/m1./s1. The molecule has 0 aliphatic carbocycles. The largest absolute Gasteiger partial charge is 0.495 e. The number of nitrogens with one attached hydrogen (secondary N) is 2. The van der Waals surface area contributed by atoms with Crippen molar-refractivity contribution in [1.29, 1.82) is 0 Å². The maximum absolute atomic E-state index is 14.4. The summed E-state index contributed by atoms with van der Waals surface area (Å²) >= 11 is 10.7. The number of thioether (sulfide) groups is 1. The molecule has 9 atom stereocenters. The monoisotopic (exact) mass is 1140 g/mol. The van der Waals surface area contributed by atoms with Crippen LogP contribution in [0.4, 0.5) is 10.5 Å². The van der Waals surface area contributed by atoms with Gasteiger partial charge in [0.05, 0.1) is 43.8 Å². The zero-order valence-electron chi connectivity index (χ0n) is 47.2. The summed E-state index contributed by atoms with van der Waals surface area (Å²) in [5.41, 5.74) is -1.20. The molecule has 1 unspecified atom stereocenters. The second kappa shape index (κ2) is 27.3. The molecule has 4 heterocycles. The molecule has 23 heteroatoms. The third kappa shape index (κ3) is 15.9. The van der Waals surface area contributed by atoms with E-state index in [2.05, 4.69) is 26.9 Å². The number of alkyl carbamates (subject to hydrolysis) is 1. The number of likely N-dealkylation sites (N-methyl/N-ethyl adjacent to an activating group) is 1. The number of anilines is 1. The predicted molar refractivity (Wildman–Crippen MR) is 294 cm³/mol. The number of amides is 6. The molecule has 6 amide bonds. The van der Waals surface area contributed by atoms with Gasteiger partial charge in [0.25, 0.3) is 0 Å². The number of likely N-dealkylation sites (tertiary alicyclic amines) is 1. The number of allylic oxidation sites excluding steroid dienone is 3. The number of ketones is 1. The smallest absolute Gasteiger partial charge is 0.409 e. The van der Waals surface area contributed by atoms with E-state index in [1.807, 2.05) is 40.7 Å². The van der Waals surface area contributed by atoms with Crippen LogP contribution in [0.5, 0.6) is 5.75 Å². The molecular formula is C55H79AlClN5O15S. The minimum Gasteiger partial charge on any atom is -0.495 e. The Morgan fingerprint density at radius 3 is 2.41 bits per heavy atom. The number of nitrogens with zero attached hydrogens (tertiary/aromatic N) is 3. The van der Waals surface area contributed by atoms with Crippen LogP contribution >= 0.6 is 23.4 Å². The van der Waals surface area contributed by atoms with Crippen molar-refractivity contribution in [3.05, 3.63) is 46.5 Å². The van der Waals surface area contributed by atoms with Gasteiger partial charge in [-0.2, -0.15) is 0 Å². The lowest BCUT2D eigenvalue weighted by molar-refractivity contribution is -0.162. The topological polar surface area (TPSA) is 249 Å². The van der Waals surface area contributed by atoms with Crippen LogP contribution in [0.25, 0.3) is 0 Å². The fourth-order valence-electron chi connectivity index (χ4n) is 9.95. The summed E-state index contributed by atoms with van der Waals surface area (Å²) in [4.78, 5) is 111. The predicted octanol–water partition coefficient (Wildman–Crippen LogP) is 5.56. The van der Waals surface area contributed by atoms with Gasteiger partial charge in [-0.25, -0.2) is 9.59 Å². The summed E-state index contributed by atoms with van der Waals surface area (Å²) in [5, 5.41) is 16.6. The van der Waals surface area contributed by atoms with Gasteiger partial charge in [-0.1, -0.05) is 82.9 Å². The van der Waals surface area contributed by atoms with Crippen molar-refractivity contribution in [3.63, 3.8) is 0 Å². The summed E-state index contributed by atoms with van der Waals surface area (Å²) in [5.74, 6) is -3.05. The second-order valence-corrected chi connectivity index (χ2v) is 25.0. The Labute approximate surface area is 476 Å². The first kappa shape index (κ1) is 64.3. The van der Waals surface area contributed by atoms with E-state index >= 15 is 0 Å². The van der Waals surface area contributed by atoms with E-state index in [1.165, 1.54) is 49.8 Å². The number of rotatable bonds is 22. The number of hydrogen-bond acceptors (Lipinski definition) is 16. The number of halogens is 1. The first-order valence-electron chi connectivity index (χ1n) is 26.6. The van der Waals surface area contributed by atoms with E-state index in [0.29, 0.717) is 30.7 Å². The number of epoxide rings is 1. The molecule has 3 fully saturated rings. The highest BCUT2D eigenvalue weighted by Gasteiger charge is 2.64. The van der Waals surface area contributed by atoms with Crippen molar-refractivity contribution >= 4 is 92.7 Å². The lowest BCUT2D eigenvalue weighted by atomic mass is 9.83. The number of Topliss-reactive ketones (excluding diaryl/α,β-unsaturated/α-hetero) is 1. The van der Waals surface area contributed by atoms with E-state index in [0.717, 1.165) is 16.0 Å². The number of esters is 1. The number of imide groups is 1. The summed E-state index contributed by atoms with van der Waals surface area (Å²) in [6, 6.07) is 2.39. The fourth-order valence-corrected chi connectivity index (χ4v) is 11.9. The first-order chi connectivity index (χ1) is 36.6. The van der Waals surface area contributed by atoms with Crippen LogP contribution in [0.15, 0.2) is 35.9 Å². The second-order valence-electron chi connectivity index (χ2n) is 21.6. The van der Waals surface area contributed by atoms with Gasteiger partial charge < -0.3 is 53.4 Å². The van der Waals surface area contributed by atoms with Crippen LogP contribution in [0.1, 0.15) is 119 Å². The maximum Gasteiger partial charge on any atom is 0.409 e. The Kier molecular flexibility index (Phi) is 22.5. The Hall–Kier alpha value is -4.53. The van der Waals surface area contributed by atoms with Crippen molar-refractivity contribution in [1.82, 2.24) is 20.4 Å². The summed E-state index contributed by atoms with van der Waals surface area (Å²) in [6.07, 6.45) is 2.13. The molecule has 20 nitrogen and oxygen atoms in total. The van der Waals surface area contributed by atoms with E-state index in [9.17, 15) is 43.5 Å². The number of aliphatic hydroxyl groups is 1. The number of carbonyl (C=O) groups is 8. The van der Waals surface area contributed by atoms with Gasteiger partial charge in [0, 0.05) is 77.1 Å². The summed E-state index contributed by atoms with van der Waals surface area (Å²) < 4.78 is 33.9. The van der Waals surface area contributed by atoms with Crippen LogP contribution in [0, 0.1) is 5.92 Å². The first-order valence-corrected chi connectivity index (χ1v) is 28.4. The maximum atomic E-state index is 14.4. The Morgan fingerprint density at radius 2 is 1.76 bits per heavy atom. The Balaban J connectivity index is 1.22. The Morgan fingerprint density at radius 1 is 1.06 bits per heavy atom. The molecule has 0 spiro atoms. The molecule has 4 aliphatic heterocycles. The average molecular weight is 1140 g/mol. The molecule has 1 aromatic rings. The van der Waals surface area contributed by atoms with Gasteiger partial charge in [0.1, 0.15) is 62.8 Å². The molecule has 4 aliphatic rings. The number of methoxy groups -OCH3 is 2. The average Bonchev–Trinajstić information content (AvgIpc) is 4.04. The van der Waals surface area contributed by atoms with Crippen LogP contribution in [-0.4, -0.2) is 185 Å². The lowest BCUT2D eigenvalue weighted by Crippen LogP contribution is -2.63. The van der Waals surface area contributed by atoms with Crippen LogP contribution < -0.4 is 20.3 Å². The zero-order valence-corrected chi connectivity index (χ0v) is 49.9. The van der Waals surface area contributed by atoms with E-state index in [-0.39, 0.29) is 81.5 Å². The van der Waals surface area contributed by atoms with Gasteiger partial charge in [0.15, 0.2) is 5.72 Å². The summed E-state index contributed by atoms with van der Waals surface area (Å²) in [6.45, 7) is 15.1. The van der Waals surface area contributed by atoms with Gasteiger partial charge in [-0.05, 0) is 55.6 Å². The van der Waals surface area contributed by atoms with Crippen molar-refractivity contribution in [3.8, 4) is 5.75 Å².